The van der Waals surface area contributed by atoms with Gasteiger partial charge >= 0.3 is 5.97 Å². The monoisotopic (exact) mass is 382 g/mol. The summed E-state index contributed by atoms with van der Waals surface area (Å²) < 4.78 is 10.3. The van der Waals surface area contributed by atoms with Crippen LogP contribution in [0.3, 0.4) is 0 Å². The molecular formula is C19H22N6O3. The first-order chi connectivity index (χ1) is 13.4. The van der Waals surface area contributed by atoms with Crippen molar-refractivity contribution in [1.82, 2.24) is 20.1 Å². The van der Waals surface area contributed by atoms with Crippen LogP contribution in [0.15, 0.2) is 28.8 Å². The summed E-state index contributed by atoms with van der Waals surface area (Å²) in [5.74, 6) is 0.951. The summed E-state index contributed by atoms with van der Waals surface area (Å²) in [5.41, 5.74) is 9.40. The third-order valence-electron chi connectivity index (χ3n) is 4.13. The second kappa shape index (κ2) is 8.47. The van der Waals surface area contributed by atoms with Crippen LogP contribution >= 0.6 is 0 Å². The van der Waals surface area contributed by atoms with E-state index in [0.717, 1.165) is 22.5 Å². The number of carbonyl (C=O) groups is 1. The van der Waals surface area contributed by atoms with Gasteiger partial charge in [0.2, 0.25) is 11.9 Å². The highest BCUT2D eigenvalue weighted by Crippen LogP contribution is 2.16. The third-order valence-corrected chi connectivity index (χ3v) is 4.13. The molecule has 2 heterocycles. The number of hydrogen-bond acceptors (Lipinski definition) is 9. The molecule has 3 rings (SSSR count). The van der Waals surface area contributed by atoms with Crippen molar-refractivity contribution in [2.45, 2.75) is 40.2 Å². The molecular weight excluding hydrogens is 360 g/mol. The van der Waals surface area contributed by atoms with E-state index < -0.39 is 0 Å². The first kappa shape index (κ1) is 19.3. The number of ether oxygens (including phenoxy) is 1. The standard InChI is InChI=1S/C19H22N6O3/c1-11-4-6-14(7-5-11)21-19-23-16(22-18(20)24-19)10-27-17(26)9-8-15-12(2)25-28-13(15)3/h4-7H,8-10H2,1-3H3,(H3,20,21,22,23,24). The molecule has 0 saturated carbocycles. The maximum Gasteiger partial charge on any atom is 0.306 e. The first-order valence-electron chi connectivity index (χ1n) is 8.82. The minimum absolute atomic E-state index is 0.0476. The third kappa shape index (κ3) is 5.03. The largest absolute Gasteiger partial charge is 0.457 e. The highest BCUT2D eigenvalue weighted by molar-refractivity contribution is 5.69. The zero-order chi connectivity index (χ0) is 20.1. The molecule has 0 saturated heterocycles. The van der Waals surface area contributed by atoms with Gasteiger partial charge in [0.05, 0.1) is 5.69 Å². The van der Waals surface area contributed by atoms with Crippen LogP contribution in [0.1, 0.15) is 34.8 Å². The lowest BCUT2D eigenvalue weighted by Gasteiger charge is -2.08. The summed E-state index contributed by atoms with van der Waals surface area (Å²) in [6.45, 7) is 5.57. The minimum atomic E-state index is -0.368. The summed E-state index contributed by atoms with van der Waals surface area (Å²) in [6, 6.07) is 7.75. The summed E-state index contributed by atoms with van der Waals surface area (Å²) in [7, 11) is 0. The molecule has 0 spiro atoms. The Kier molecular flexibility index (Phi) is 5.83. The predicted molar refractivity (Wildman–Crippen MR) is 103 cm³/mol. The molecule has 3 N–H and O–H groups in total. The van der Waals surface area contributed by atoms with Crippen LogP contribution in [0.25, 0.3) is 0 Å². The van der Waals surface area contributed by atoms with Crippen molar-refractivity contribution in [3.05, 3.63) is 52.7 Å². The van der Waals surface area contributed by atoms with E-state index in [1.807, 2.05) is 45.0 Å². The molecule has 0 radical (unpaired) electrons. The number of rotatable bonds is 7. The Bertz CT molecular complexity index is 949. The number of nitrogens with two attached hydrogens (primary N) is 1. The number of carbonyl (C=O) groups excluding carboxylic acids is 1. The van der Waals surface area contributed by atoms with Crippen LogP contribution in [0.5, 0.6) is 0 Å². The van der Waals surface area contributed by atoms with Crippen molar-refractivity contribution in [2.24, 2.45) is 0 Å². The predicted octanol–water partition coefficient (Wildman–Crippen LogP) is 2.79. The minimum Gasteiger partial charge on any atom is -0.457 e. The molecule has 9 heteroatoms. The second-order valence-corrected chi connectivity index (χ2v) is 6.39. The fraction of sp³-hybridized carbons (Fsp3) is 0.316. The van der Waals surface area contributed by atoms with E-state index in [1.54, 1.807) is 0 Å². The smallest absolute Gasteiger partial charge is 0.306 e. The average Bonchev–Trinajstić information content (AvgIpc) is 2.97. The van der Waals surface area contributed by atoms with Crippen LogP contribution in [-0.4, -0.2) is 26.1 Å². The Morgan fingerprint density at radius 2 is 1.89 bits per heavy atom. The number of nitrogens with zero attached hydrogens (tertiary/aromatic N) is 4. The number of benzene rings is 1. The fourth-order valence-corrected chi connectivity index (χ4v) is 2.63. The van der Waals surface area contributed by atoms with Crippen molar-refractivity contribution in [2.75, 3.05) is 11.1 Å². The molecule has 146 valence electrons. The summed E-state index contributed by atoms with van der Waals surface area (Å²) in [5, 5.41) is 6.93. The lowest BCUT2D eigenvalue weighted by atomic mass is 10.1. The van der Waals surface area contributed by atoms with Gasteiger partial charge in [-0.3, -0.25) is 4.79 Å². The van der Waals surface area contributed by atoms with E-state index >= 15 is 0 Å². The summed E-state index contributed by atoms with van der Waals surface area (Å²) in [4.78, 5) is 24.3. The van der Waals surface area contributed by atoms with Gasteiger partial charge in [0, 0.05) is 17.7 Å². The van der Waals surface area contributed by atoms with Crippen molar-refractivity contribution in [3.8, 4) is 0 Å². The van der Waals surface area contributed by atoms with Crippen LogP contribution in [0.4, 0.5) is 17.6 Å². The maximum absolute atomic E-state index is 12.0. The lowest BCUT2D eigenvalue weighted by Crippen LogP contribution is -2.11. The molecule has 0 unspecified atom stereocenters. The van der Waals surface area contributed by atoms with E-state index in [1.165, 1.54) is 0 Å². The second-order valence-electron chi connectivity index (χ2n) is 6.39. The first-order valence-corrected chi connectivity index (χ1v) is 8.82. The molecule has 0 amide bonds. The van der Waals surface area contributed by atoms with Gasteiger partial charge < -0.3 is 20.3 Å². The topological polar surface area (TPSA) is 129 Å². The molecule has 2 aromatic heterocycles. The van der Waals surface area contributed by atoms with Gasteiger partial charge in [-0.05, 0) is 39.3 Å². The van der Waals surface area contributed by atoms with E-state index in [-0.39, 0.29) is 36.7 Å². The molecule has 0 bridgehead atoms. The molecule has 0 aliphatic rings. The van der Waals surface area contributed by atoms with Crippen LogP contribution in [0, 0.1) is 20.8 Å². The average molecular weight is 382 g/mol. The highest BCUT2D eigenvalue weighted by atomic mass is 16.5. The molecule has 0 aliphatic carbocycles. The molecule has 9 nitrogen and oxygen atoms in total. The Hall–Kier alpha value is -3.49. The number of hydrogen-bond donors (Lipinski definition) is 2. The lowest BCUT2D eigenvalue weighted by molar-refractivity contribution is -0.145. The van der Waals surface area contributed by atoms with Gasteiger partial charge in [0.1, 0.15) is 5.76 Å². The fourth-order valence-electron chi connectivity index (χ4n) is 2.63. The van der Waals surface area contributed by atoms with E-state index in [0.29, 0.717) is 12.2 Å². The number of aryl methyl sites for hydroxylation is 3. The van der Waals surface area contributed by atoms with Gasteiger partial charge in [-0.1, -0.05) is 22.9 Å². The van der Waals surface area contributed by atoms with Crippen molar-refractivity contribution >= 4 is 23.6 Å². The number of anilines is 3. The van der Waals surface area contributed by atoms with E-state index in [2.05, 4.69) is 25.4 Å². The summed E-state index contributed by atoms with van der Waals surface area (Å²) >= 11 is 0. The molecule has 0 fully saturated rings. The van der Waals surface area contributed by atoms with Gasteiger partial charge in [-0.2, -0.15) is 15.0 Å². The Morgan fingerprint density at radius 1 is 1.14 bits per heavy atom. The zero-order valence-electron chi connectivity index (χ0n) is 16.0. The van der Waals surface area contributed by atoms with Crippen molar-refractivity contribution in [1.29, 1.82) is 0 Å². The van der Waals surface area contributed by atoms with Gasteiger partial charge in [-0.15, -0.1) is 0 Å². The normalized spacial score (nSPS) is 10.7. The molecule has 28 heavy (non-hydrogen) atoms. The molecule has 1 aromatic carbocycles. The number of esters is 1. The van der Waals surface area contributed by atoms with Crippen molar-refractivity contribution < 1.29 is 14.1 Å². The SMILES string of the molecule is Cc1ccc(Nc2nc(N)nc(COC(=O)CCc3c(C)noc3C)n2)cc1. The molecule has 0 aliphatic heterocycles. The quantitative estimate of drug-likeness (QED) is 0.592. The van der Waals surface area contributed by atoms with E-state index in [9.17, 15) is 4.79 Å². The van der Waals surface area contributed by atoms with Crippen LogP contribution in [-0.2, 0) is 22.6 Å². The maximum atomic E-state index is 12.0. The molecule has 3 aromatic rings. The Morgan fingerprint density at radius 3 is 2.57 bits per heavy atom. The Balaban J connectivity index is 1.57. The van der Waals surface area contributed by atoms with Gasteiger partial charge in [-0.25, -0.2) is 0 Å². The van der Waals surface area contributed by atoms with E-state index in [4.69, 9.17) is 15.0 Å². The van der Waals surface area contributed by atoms with Gasteiger partial charge in [0.15, 0.2) is 12.4 Å². The Labute approximate surface area is 162 Å². The zero-order valence-corrected chi connectivity index (χ0v) is 16.0. The van der Waals surface area contributed by atoms with Crippen molar-refractivity contribution in [3.63, 3.8) is 0 Å². The number of nitrogens with one attached hydrogen (secondary N) is 1. The van der Waals surface area contributed by atoms with Crippen LogP contribution in [0.2, 0.25) is 0 Å². The number of nitrogen functional groups attached to an aromatic ring is 1. The summed E-state index contributed by atoms with van der Waals surface area (Å²) in [6.07, 6.45) is 0.706. The van der Waals surface area contributed by atoms with Gasteiger partial charge in [0.25, 0.3) is 0 Å². The molecule has 0 atom stereocenters. The number of aromatic nitrogens is 4. The highest BCUT2D eigenvalue weighted by Gasteiger charge is 2.13. The van der Waals surface area contributed by atoms with Crippen LogP contribution < -0.4 is 11.1 Å².